The van der Waals surface area contributed by atoms with E-state index >= 15 is 0 Å². The molecule has 0 aliphatic carbocycles. The van der Waals surface area contributed by atoms with Gasteiger partial charge < -0.3 is 5.32 Å². The molecule has 0 radical (unpaired) electrons. The van der Waals surface area contributed by atoms with E-state index in [9.17, 15) is 10.1 Å². The van der Waals surface area contributed by atoms with Crippen molar-refractivity contribution in [3.8, 4) is 0 Å². The Balaban J connectivity index is 2.27. The van der Waals surface area contributed by atoms with Gasteiger partial charge in [0.05, 0.1) is 17.2 Å². The molecule has 1 aromatic carbocycles. The van der Waals surface area contributed by atoms with Crippen molar-refractivity contribution in [2.45, 2.75) is 20.4 Å². The van der Waals surface area contributed by atoms with Crippen molar-refractivity contribution in [2.75, 3.05) is 5.32 Å². The van der Waals surface area contributed by atoms with E-state index in [0.717, 1.165) is 25.8 Å². The van der Waals surface area contributed by atoms with Crippen molar-refractivity contribution in [3.05, 3.63) is 60.3 Å². The second-order valence-electron chi connectivity index (χ2n) is 4.65. The third-order valence-electron chi connectivity index (χ3n) is 3.14. The van der Waals surface area contributed by atoms with Crippen molar-refractivity contribution in [1.29, 1.82) is 0 Å². The number of nitrogens with zero attached hydrogens (tertiary/aromatic N) is 2. The zero-order valence-corrected chi connectivity index (χ0v) is 14.7. The highest BCUT2D eigenvalue weighted by Crippen LogP contribution is 2.29. The largest absolute Gasteiger partial charge is 0.374 e. The van der Waals surface area contributed by atoms with Gasteiger partial charge in [-0.15, -0.1) is 0 Å². The van der Waals surface area contributed by atoms with Crippen LogP contribution in [0.5, 0.6) is 0 Å². The first-order valence-corrected chi connectivity index (χ1v) is 7.76. The molecule has 1 heterocycles. The number of hydrogen-bond donors (Lipinski definition) is 1. The Morgan fingerprint density at radius 2 is 1.90 bits per heavy atom. The summed E-state index contributed by atoms with van der Waals surface area (Å²) in [5.74, 6) is 0. The molecular formula is C14H13Br2N3O2. The molecule has 2 rings (SSSR count). The van der Waals surface area contributed by atoms with Crippen molar-refractivity contribution < 1.29 is 4.92 Å². The van der Waals surface area contributed by atoms with E-state index in [1.54, 1.807) is 18.3 Å². The molecule has 0 atom stereocenters. The van der Waals surface area contributed by atoms with Gasteiger partial charge in [0.1, 0.15) is 5.69 Å². The van der Waals surface area contributed by atoms with Crippen molar-refractivity contribution in [1.82, 2.24) is 4.98 Å². The van der Waals surface area contributed by atoms with Crippen LogP contribution in [0.15, 0.2) is 33.3 Å². The molecule has 110 valence electrons. The second kappa shape index (κ2) is 6.53. The van der Waals surface area contributed by atoms with Crippen LogP contribution in [0.1, 0.15) is 16.8 Å². The number of anilines is 1. The average molecular weight is 415 g/mol. The molecular weight excluding hydrogens is 402 g/mol. The number of nitro benzene ring substituents is 1. The molecule has 0 bridgehead atoms. The van der Waals surface area contributed by atoms with Gasteiger partial charge in [0.2, 0.25) is 0 Å². The van der Waals surface area contributed by atoms with Crippen LogP contribution in [-0.2, 0) is 6.54 Å². The fourth-order valence-corrected chi connectivity index (χ4v) is 2.97. The topological polar surface area (TPSA) is 68.1 Å². The summed E-state index contributed by atoms with van der Waals surface area (Å²) < 4.78 is 1.71. The molecule has 0 saturated heterocycles. The van der Waals surface area contributed by atoms with Gasteiger partial charge in [-0.2, -0.15) is 0 Å². The lowest BCUT2D eigenvalue weighted by molar-refractivity contribution is -0.384. The number of aromatic nitrogens is 1. The third-order valence-corrected chi connectivity index (χ3v) is 4.26. The number of pyridine rings is 1. The Kier molecular flexibility index (Phi) is 4.95. The van der Waals surface area contributed by atoms with Crippen LogP contribution in [0.3, 0.4) is 0 Å². The molecule has 0 amide bonds. The highest BCUT2D eigenvalue weighted by molar-refractivity contribution is 9.11. The third kappa shape index (κ3) is 3.79. The molecule has 5 nitrogen and oxygen atoms in total. The van der Waals surface area contributed by atoms with E-state index in [4.69, 9.17) is 0 Å². The van der Waals surface area contributed by atoms with Gasteiger partial charge in [-0.25, -0.2) is 0 Å². The van der Waals surface area contributed by atoms with Gasteiger partial charge in [-0.3, -0.25) is 15.1 Å². The SMILES string of the molecule is Cc1cc(NCc2ncc(Br)cc2Br)c([N+](=O)[O-])cc1C. The van der Waals surface area contributed by atoms with E-state index in [0.29, 0.717) is 12.2 Å². The summed E-state index contributed by atoms with van der Waals surface area (Å²) in [5, 5.41) is 14.2. The summed E-state index contributed by atoms with van der Waals surface area (Å²) in [6, 6.07) is 5.26. The maximum Gasteiger partial charge on any atom is 0.292 e. The normalized spacial score (nSPS) is 10.5. The van der Waals surface area contributed by atoms with Gasteiger partial charge in [-0.05, 0) is 69.0 Å². The van der Waals surface area contributed by atoms with Crippen LogP contribution >= 0.6 is 31.9 Å². The maximum atomic E-state index is 11.1. The summed E-state index contributed by atoms with van der Waals surface area (Å²) in [7, 11) is 0. The van der Waals surface area contributed by atoms with Crippen LogP contribution < -0.4 is 5.32 Å². The molecule has 0 aliphatic rings. The van der Waals surface area contributed by atoms with Gasteiger partial charge in [0.15, 0.2) is 0 Å². The summed E-state index contributed by atoms with van der Waals surface area (Å²) in [4.78, 5) is 15.0. The maximum absolute atomic E-state index is 11.1. The summed E-state index contributed by atoms with van der Waals surface area (Å²) in [5.41, 5.74) is 3.26. The van der Waals surface area contributed by atoms with Gasteiger partial charge >= 0.3 is 0 Å². The molecule has 1 N–H and O–H groups in total. The van der Waals surface area contributed by atoms with Gasteiger partial charge in [-0.1, -0.05) is 0 Å². The lowest BCUT2D eigenvalue weighted by Crippen LogP contribution is -2.05. The first-order chi connectivity index (χ1) is 9.88. The van der Waals surface area contributed by atoms with Crippen LogP contribution in [0.25, 0.3) is 0 Å². The van der Waals surface area contributed by atoms with Crippen LogP contribution in [-0.4, -0.2) is 9.91 Å². The molecule has 0 fully saturated rings. The molecule has 2 aromatic rings. The zero-order valence-electron chi connectivity index (χ0n) is 11.5. The standard InChI is InChI=1S/C14H13Br2N3O2/c1-8-3-12(14(19(20)21)4-9(8)2)18-7-13-11(16)5-10(15)6-17-13/h3-6,18H,7H2,1-2H3. The molecule has 0 spiro atoms. The summed E-state index contributed by atoms with van der Waals surface area (Å²) in [6.45, 7) is 4.19. The van der Waals surface area contributed by atoms with Gasteiger partial charge in [0.25, 0.3) is 5.69 Å². The number of benzene rings is 1. The average Bonchev–Trinajstić information content (AvgIpc) is 2.41. The smallest absolute Gasteiger partial charge is 0.292 e. The Labute approximate surface area is 139 Å². The molecule has 7 heteroatoms. The Hall–Kier alpha value is -1.47. The number of rotatable bonds is 4. The highest BCUT2D eigenvalue weighted by atomic mass is 79.9. The Morgan fingerprint density at radius 3 is 2.52 bits per heavy atom. The lowest BCUT2D eigenvalue weighted by atomic mass is 10.1. The minimum absolute atomic E-state index is 0.0753. The molecule has 21 heavy (non-hydrogen) atoms. The van der Waals surface area contributed by atoms with Crippen LogP contribution in [0, 0.1) is 24.0 Å². The first-order valence-electron chi connectivity index (χ1n) is 6.18. The summed E-state index contributed by atoms with van der Waals surface area (Å²) >= 11 is 6.77. The molecule has 0 saturated carbocycles. The fourth-order valence-electron chi connectivity index (χ4n) is 1.85. The first kappa shape index (κ1) is 15.9. The number of nitrogens with one attached hydrogen (secondary N) is 1. The quantitative estimate of drug-likeness (QED) is 0.579. The van der Waals surface area contributed by atoms with E-state index in [-0.39, 0.29) is 10.6 Å². The van der Waals surface area contributed by atoms with E-state index in [1.165, 1.54) is 0 Å². The Bertz CT molecular complexity index is 705. The second-order valence-corrected chi connectivity index (χ2v) is 6.42. The molecule has 0 aliphatic heterocycles. The van der Waals surface area contributed by atoms with Crippen molar-refractivity contribution >= 4 is 43.2 Å². The highest BCUT2D eigenvalue weighted by Gasteiger charge is 2.15. The van der Waals surface area contributed by atoms with Crippen LogP contribution in [0.4, 0.5) is 11.4 Å². The fraction of sp³-hybridized carbons (Fsp3) is 0.214. The number of aryl methyl sites for hydroxylation is 2. The number of halogens is 2. The number of hydrogen-bond acceptors (Lipinski definition) is 4. The minimum atomic E-state index is -0.376. The van der Waals surface area contributed by atoms with E-state index < -0.39 is 0 Å². The monoisotopic (exact) mass is 413 g/mol. The Morgan fingerprint density at radius 1 is 1.24 bits per heavy atom. The number of nitro groups is 1. The van der Waals surface area contributed by atoms with Crippen LogP contribution in [0.2, 0.25) is 0 Å². The predicted molar refractivity (Wildman–Crippen MR) is 89.5 cm³/mol. The molecule has 0 unspecified atom stereocenters. The molecule has 1 aromatic heterocycles. The van der Waals surface area contributed by atoms with Crippen molar-refractivity contribution in [3.63, 3.8) is 0 Å². The van der Waals surface area contributed by atoms with Crippen molar-refractivity contribution in [2.24, 2.45) is 0 Å². The predicted octanol–water partition coefficient (Wildman–Crippen LogP) is 4.74. The van der Waals surface area contributed by atoms with E-state index in [1.807, 2.05) is 19.9 Å². The minimum Gasteiger partial charge on any atom is -0.374 e. The van der Waals surface area contributed by atoms with E-state index in [2.05, 4.69) is 42.2 Å². The summed E-state index contributed by atoms with van der Waals surface area (Å²) in [6.07, 6.45) is 1.69. The zero-order chi connectivity index (χ0) is 15.6. The van der Waals surface area contributed by atoms with Gasteiger partial charge in [0, 0.05) is 21.2 Å². The lowest BCUT2D eigenvalue weighted by Gasteiger charge is -2.10.